The van der Waals surface area contributed by atoms with E-state index >= 15 is 0 Å². The van der Waals surface area contributed by atoms with E-state index in [-0.39, 0.29) is 11.1 Å². The van der Waals surface area contributed by atoms with Gasteiger partial charge < -0.3 is 4.74 Å². The van der Waals surface area contributed by atoms with Gasteiger partial charge in [0.25, 0.3) is 5.24 Å². The molecule has 0 spiro atoms. The molecule has 4 nitrogen and oxygen atoms in total. The zero-order valence-electron chi connectivity index (χ0n) is 7.77. The lowest BCUT2D eigenvalue weighted by atomic mass is 10.4. The maximum Gasteiger partial charge on any atom is 0.288 e. The first-order chi connectivity index (χ1) is 6.75. The van der Waals surface area contributed by atoms with Crippen LogP contribution in [0.4, 0.5) is 4.79 Å². The quantitative estimate of drug-likeness (QED) is 0.571. The van der Waals surface area contributed by atoms with Gasteiger partial charge in [0.2, 0.25) is 5.91 Å². The van der Waals surface area contributed by atoms with E-state index in [0.29, 0.717) is 37.7 Å². The molecule has 0 atom stereocenters. The molecule has 0 radical (unpaired) electrons. The zero-order chi connectivity index (χ0) is 10.4. The fraction of sp³-hybridized carbons (Fsp3) is 0.750. The first-order valence-corrected chi connectivity index (χ1v) is 6.03. The van der Waals surface area contributed by atoms with Gasteiger partial charge in [-0.1, -0.05) is 11.8 Å². The summed E-state index contributed by atoms with van der Waals surface area (Å²) < 4.78 is 5.15. The second-order valence-electron chi connectivity index (χ2n) is 2.75. The second kappa shape index (κ2) is 6.31. The SMILES string of the molecule is O=C1CCSC(=O)N1CCOCCS. The number of hydrogen-bond acceptors (Lipinski definition) is 5. The lowest BCUT2D eigenvalue weighted by Gasteiger charge is -2.23. The van der Waals surface area contributed by atoms with Crippen LogP contribution >= 0.6 is 24.4 Å². The molecule has 0 unspecified atom stereocenters. The molecule has 6 heteroatoms. The van der Waals surface area contributed by atoms with Crippen LogP contribution in [0.5, 0.6) is 0 Å². The molecular formula is C8H13NO3S2. The van der Waals surface area contributed by atoms with E-state index in [1.165, 1.54) is 16.7 Å². The Morgan fingerprint density at radius 3 is 2.86 bits per heavy atom. The third kappa shape index (κ3) is 3.51. The Morgan fingerprint density at radius 1 is 1.43 bits per heavy atom. The fourth-order valence-electron chi connectivity index (χ4n) is 1.08. The number of imide groups is 1. The van der Waals surface area contributed by atoms with Gasteiger partial charge in [-0.15, -0.1) is 0 Å². The molecule has 1 heterocycles. The highest BCUT2D eigenvalue weighted by Crippen LogP contribution is 2.17. The van der Waals surface area contributed by atoms with Crippen molar-refractivity contribution in [3.8, 4) is 0 Å². The summed E-state index contributed by atoms with van der Waals surface area (Å²) in [6.45, 7) is 1.31. The standard InChI is InChI=1S/C8H13NO3S2/c10-7-1-6-14-8(11)9(7)2-3-12-4-5-13/h13H,1-6H2. The van der Waals surface area contributed by atoms with E-state index in [0.717, 1.165) is 0 Å². The molecule has 0 saturated carbocycles. The van der Waals surface area contributed by atoms with Gasteiger partial charge in [0.05, 0.1) is 19.8 Å². The summed E-state index contributed by atoms with van der Waals surface area (Å²) in [5.74, 6) is 1.16. The van der Waals surface area contributed by atoms with Crippen molar-refractivity contribution in [1.29, 1.82) is 0 Å². The van der Waals surface area contributed by atoms with Crippen molar-refractivity contribution in [3.63, 3.8) is 0 Å². The minimum Gasteiger partial charge on any atom is -0.379 e. The number of hydrogen-bond donors (Lipinski definition) is 1. The number of ether oxygens (including phenoxy) is 1. The van der Waals surface area contributed by atoms with E-state index in [1.807, 2.05) is 0 Å². The van der Waals surface area contributed by atoms with Gasteiger partial charge in [-0.3, -0.25) is 14.5 Å². The average Bonchev–Trinajstić information content (AvgIpc) is 2.16. The molecular weight excluding hydrogens is 222 g/mol. The number of nitrogens with zero attached hydrogens (tertiary/aromatic N) is 1. The van der Waals surface area contributed by atoms with Crippen LogP contribution in [-0.2, 0) is 9.53 Å². The number of thioether (sulfide) groups is 1. The van der Waals surface area contributed by atoms with Crippen molar-refractivity contribution in [2.75, 3.05) is 31.3 Å². The minimum atomic E-state index is -0.157. The van der Waals surface area contributed by atoms with Crippen LogP contribution < -0.4 is 0 Å². The van der Waals surface area contributed by atoms with Gasteiger partial charge >= 0.3 is 0 Å². The summed E-state index contributed by atoms with van der Waals surface area (Å²) in [4.78, 5) is 23.8. The van der Waals surface area contributed by atoms with E-state index < -0.39 is 0 Å². The average molecular weight is 235 g/mol. The van der Waals surface area contributed by atoms with Gasteiger partial charge in [-0.25, -0.2) is 0 Å². The lowest BCUT2D eigenvalue weighted by Crippen LogP contribution is -2.40. The van der Waals surface area contributed by atoms with E-state index in [9.17, 15) is 9.59 Å². The first-order valence-electron chi connectivity index (χ1n) is 4.41. The van der Waals surface area contributed by atoms with Crippen molar-refractivity contribution in [3.05, 3.63) is 0 Å². The van der Waals surface area contributed by atoms with Gasteiger partial charge in [0, 0.05) is 17.9 Å². The van der Waals surface area contributed by atoms with Gasteiger partial charge in [0.15, 0.2) is 0 Å². The maximum absolute atomic E-state index is 11.3. The molecule has 1 fully saturated rings. The van der Waals surface area contributed by atoms with Crippen LogP contribution in [0.15, 0.2) is 0 Å². The Hall–Kier alpha value is -0.200. The maximum atomic E-state index is 11.3. The molecule has 0 aromatic heterocycles. The number of thiol groups is 1. The molecule has 80 valence electrons. The molecule has 0 aromatic carbocycles. The second-order valence-corrected chi connectivity index (χ2v) is 4.24. The van der Waals surface area contributed by atoms with Crippen molar-refractivity contribution in [1.82, 2.24) is 4.90 Å². The van der Waals surface area contributed by atoms with Crippen molar-refractivity contribution < 1.29 is 14.3 Å². The number of rotatable bonds is 5. The van der Waals surface area contributed by atoms with Crippen LogP contribution in [0.3, 0.4) is 0 Å². The van der Waals surface area contributed by atoms with Crippen LogP contribution in [0.25, 0.3) is 0 Å². The smallest absolute Gasteiger partial charge is 0.288 e. The van der Waals surface area contributed by atoms with Crippen LogP contribution in [0, 0.1) is 0 Å². The molecule has 1 rings (SSSR count). The number of amides is 2. The molecule has 14 heavy (non-hydrogen) atoms. The summed E-state index contributed by atoms with van der Waals surface area (Å²) in [6.07, 6.45) is 0.447. The number of carbonyl (C=O) groups is 2. The summed E-state index contributed by atoms with van der Waals surface area (Å²) in [5.41, 5.74) is 0. The normalized spacial score (nSPS) is 17.6. The van der Waals surface area contributed by atoms with Crippen molar-refractivity contribution in [2.45, 2.75) is 6.42 Å². The topological polar surface area (TPSA) is 46.6 Å². The Balaban J connectivity index is 2.26. The van der Waals surface area contributed by atoms with Crippen molar-refractivity contribution >= 4 is 35.5 Å². The van der Waals surface area contributed by atoms with Crippen molar-refractivity contribution in [2.24, 2.45) is 0 Å². The highest BCUT2D eigenvalue weighted by Gasteiger charge is 2.25. The molecule has 1 saturated heterocycles. The predicted molar refractivity (Wildman–Crippen MR) is 58.9 cm³/mol. The van der Waals surface area contributed by atoms with E-state index in [2.05, 4.69) is 12.6 Å². The Bertz CT molecular complexity index is 207. The lowest BCUT2D eigenvalue weighted by molar-refractivity contribution is -0.128. The van der Waals surface area contributed by atoms with Crippen LogP contribution in [0.2, 0.25) is 0 Å². The first kappa shape index (κ1) is 11.9. The van der Waals surface area contributed by atoms with Crippen LogP contribution in [-0.4, -0.2) is 47.3 Å². The summed E-state index contributed by atoms with van der Waals surface area (Å²) >= 11 is 5.17. The van der Waals surface area contributed by atoms with Crippen LogP contribution in [0.1, 0.15) is 6.42 Å². The van der Waals surface area contributed by atoms with Gasteiger partial charge in [-0.2, -0.15) is 12.6 Å². The van der Waals surface area contributed by atoms with E-state index in [1.54, 1.807) is 0 Å². The van der Waals surface area contributed by atoms with Gasteiger partial charge in [-0.05, 0) is 0 Å². The highest BCUT2D eigenvalue weighted by atomic mass is 32.2. The summed E-state index contributed by atoms with van der Waals surface area (Å²) in [7, 11) is 0. The fourth-order valence-corrected chi connectivity index (χ4v) is 2.01. The molecule has 0 aromatic rings. The monoisotopic (exact) mass is 235 g/mol. The summed E-state index contributed by atoms with van der Waals surface area (Å²) in [6, 6.07) is 0. The molecule has 0 aliphatic carbocycles. The number of carbonyl (C=O) groups excluding carboxylic acids is 2. The molecule has 0 N–H and O–H groups in total. The Morgan fingerprint density at radius 2 is 2.21 bits per heavy atom. The summed E-state index contributed by atoms with van der Waals surface area (Å²) in [5, 5.41) is -0.157. The largest absolute Gasteiger partial charge is 0.379 e. The third-order valence-electron chi connectivity index (χ3n) is 1.76. The molecule has 1 aliphatic rings. The third-order valence-corrected chi connectivity index (χ3v) is 2.82. The highest BCUT2D eigenvalue weighted by molar-refractivity contribution is 8.13. The van der Waals surface area contributed by atoms with E-state index in [4.69, 9.17) is 4.74 Å². The molecule has 0 bridgehead atoms. The molecule has 2 amide bonds. The predicted octanol–water partition coefficient (Wildman–Crippen LogP) is 1.02. The zero-order valence-corrected chi connectivity index (χ0v) is 9.48. The van der Waals surface area contributed by atoms with Gasteiger partial charge in [0.1, 0.15) is 0 Å². The molecule has 1 aliphatic heterocycles. The Kier molecular flexibility index (Phi) is 5.36. The minimum absolute atomic E-state index is 0.0942. The Labute approximate surface area is 92.8 Å².